The Morgan fingerprint density at radius 1 is 1.07 bits per heavy atom. The number of carbonyl (C=O) groups is 1. The Morgan fingerprint density at radius 2 is 1.85 bits per heavy atom. The van der Waals surface area contributed by atoms with Gasteiger partial charge in [0.25, 0.3) is 5.91 Å². The number of anilines is 1. The van der Waals surface area contributed by atoms with E-state index in [2.05, 4.69) is 18.7 Å². The van der Waals surface area contributed by atoms with Crippen LogP contribution < -0.4 is 4.90 Å². The molecule has 0 fully saturated rings. The van der Waals surface area contributed by atoms with Crippen LogP contribution in [0, 0.1) is 0 Å². The first kappa shape index (κ1) is 19.3. The van der Waals surface area contributed by atoms with Crippen LogP contribution in [0.2, 0.25) is 0 Å². The third kappa shape index (κ3) is 4.84. The molecule has 3 rings (SSSR count). The molecule has 0 bridgehead atoms. The van der Waals surface area contributed by atoms with Crippen LogP contribution in [0.5, 0.6) is 0 Å². The van der Waals surface area contributed by atoms with Gasteiger partial charge in [-0.15, -0.1) is 11.3 Å². The zero-order chi connectivity index (χ0) is 19.1. The molecule has 0 aliphatic carbocycles. The highest BCUT2D eigenvalue weighted by atomic mass is 32.1. The monoisotopic (exact) mass is 383 g/mol. The van der Waals surface area contributed by atoms with Gasteiger partial charge >= 0.3 is 0 Å². The maximum atomic E-state index is 13.0. The molecule has 0 spiro atoms. The lowest BCUT2D eigenvalue weighted by atomic mass is 10.2. The molecule has 0 saturated carbocycles. The highest BCUT2D eigenvalue weighted by Gasteiger charge is 2.23. The van der Waals surface area contributed by atoms with E-state index in [1.807, 2.05) is 35.7 Å². The molecule has 1 aromatic carbocycles. The van der Waals surface area contributed by atoms with Gasteiger partial charge in [0.05, 0.1) is 12.0 Å². The summed E-state index contributed by atoms with van der Waals surface area (Å²) in [5, 5.41) is 2.70. The van der Waals surface area contributed by atoms with E-state index in [0.29, 0.717) is 17.4 Å². The van der Waals surface area contributed by atoms with Crippen LogP contribution in [-0.2, 0) is 0 Å². The number of carbonyl (C=O) groups excluding carboxylic acids is 1. The lowest BCUT2D eigenvalue weighted by Crippen LogP contribution is -2.34. The second kappa shape index (κ2) is 9.48. The summed E-state index contributed by atoms with van der Waals surface area (Å²) in [7, 11) is 0. The number of benzene rings is 1. The first-order valence-electron chi connectivity index (χ1n) is 9.31. The summed E-state index contributed by atoms with van der Waals surface area (Å²) < 4.78 is 5.33. The molecule has 5 nitrogen and oxygen atoms in total. The van der Waals surface area contributed by atoms with Crippen molar-refractivity contribution in [2.45, 2.75) is 20.3 Å². The highest BCUT2D eigenvalue weighted by Crippen LogP contribution is 2.28. The van der Waals surface area contributed by atoms with Crippen molar-refractivity contribution in [3.8, 4) is 11.3 Å². The number of thiazole rings is 1. The summed E-state index contributed by atoms with van der Waals surface area (Å²) in [6.45, 7) is 7.89. The van der Waals surface area contributed by atoms with Crippen molar-refractivity contribution >= 4 is 22.4 Å². The Bertz CT molecular complexity index is 826. The standard InChI is InChI=1S/C21H25N3O2S/c1-3-23(4-2)13-9-14-24(20(25)19-12-8-15-26-19)21-22-18(16-27-21)17-10-6-5-7-11-17/h5-8,10-12,15-16H,3-4,9,13-14H2,1-2H3. The Labute approximate surface area is 164 Å². The Morgan fingerprint density at radius 3 is 2.52 bits per heavy atom. The van der Waals surface area contributed by atoms with Crippen molar-refractivity contribution in [2.75, 3.05) is 31.1 Å². The summed E-state index contributed by atoms with van der Waals surface area (Å²) in [4.78, 5) is 21.8. The molecular weight excluding hydrogens is 358 g/mol. The van der Waals surface area contributed by atoms with E-state index < -0.39 is 0 Å². The molecule has 0 unspecified atom stereocenters. The molecule has 142 valence electrons. The molecule has 0 atom stereocenters. The van der Waals surface area contributed by atoms with Gasteiger partial charge in [-0.25, -0.2) is 4.98 Å². The third-order valence-corrected chi connectivity index (χ3v) is 5.38. The van der Waals surface area contributed by atoms with E-state index in [1.54, 1.807) is 17.0 Å². The van der Waals surface area contributed by atoms with Crippen molar-refractivity contribution in [3.63, 3.8) is 0 Å². The fourth-order valence-electron chi connectivity index (χ4n) is 2.94. The van der Waals surface area contributed by atoms with Gasteiger partial charge in [0.1, 0.15) is 0 Å². The Balaban J connectivity index is 1.79. The van der Waals surface area contributed by atoms with Crippen molar-refractivity contribution in [2.24, 2.45) is 0 Å². The summed E-state index contributed by atoms with van der Waals surface area (Å²) in [6, 6.07) is 13.4. The fourth-order valence-corrected chi connectivity index (χ4v) is 3.80. The van der Waals surface area contributed by atoms with Gasteiger partial charge in [0.15, 0.2) is 10.9 Å². The Hall–Kier alpha value is -2.44. The molecule has 0 aliphatic heterocycles. The van der Waals surface area contributed by atoms with E-state index in [9.17, 15) is 4.79 Å². The van der Waals surface area contributed by atoms with E-state index in [4.69, 9.17) is 9.40 Å². The summed E-state index contributed by atoms with van der Waals surface area (Å²) in [5.41, 5.74) is 1.94. The van der Waals surface area contributed by atoms with Gasteiger partial charge in [0, 0.05) is 17.5 Å². The second-order valence-electron chi connectivity index (χ2n) is 6.20. The van der Waals surface area contributed by atoms with Gasteiger partial charge in [-0.2, -0.15) is 0 Å². The molecule has 0 aliphatic rings. The lowest BCUT2D eigenvalue weighted by Gasteiger charge is -2.22. The number of hydrogen-bond donors (Lipinski definition) is 0. The minimum absolute atomic E-state index is 0.145. The molecule has 0 radical (unpaired) electrons. The fraction of sp³-hybridized carbons (Fsp3) is 0.333. The first-order valence-corrected chi connectivity index (χ1v) is 10.2. The van der Waals surface area contributed by atoms with E-state index >= 15 is 0 Å². The first-order chi connectivity index (χ1) is 13.2. The maximum Gasteiger partial charge on any atom is 0.295 e. The molecular formula is C21H25N3O2S. The highest BCUT2D eigenvalue weighted by molar-refractivity contribution is 7.14. The van der Waals surface area contributed by atoms with E-state index in [0.717, 1.165) is 37.3 Å². The van der Waals surface area contributed by atoms with E-state index in [-0.39, 0.29) is 5.91 Å². The van der Waals surface area contributed by atoms with Gasteiger partial charge in [-0.1, -0.05) is 44.2 Å². The van der Waals surface area contributed by atoms with Gasteiger partial charge in [0.2, 0.25) is 0 Å². The average Bonchev–Trinajstić information content (AvgIpc) is 3.41. The van der Waals surface area contributed by atoms with Gasteiger partial charge in [-0.3, -0.25) is 9.69 Å². The SMILES string of the molecule is CCN(CC)CCCN(C(=O)c1ccco1)c1nc(-c2ccccc2)cs1. The minimum Gasteiger partial charge on any atom is -0.459 e. The predicted molar refractivity (Wildman–Crippen MR) is 110 cm³/mol. The van der Waals surface area contributed by atoms with Crippen LogP contribution in [0.25, 0.3) is 11.3 Å². The number of rotatable bonds is 9. The van der Waals surface area contributed by atoms with Crippen LogP contribution in [0.3, 0.4) is 0 Å². The lowest BCUT2D eigenvalue weighted by molar-refractivity contribution is 0.0959. The van der Waals surface area contributed by atoms with Crippen molar-refractivity contribution in [3.05, 3.63) is 59.9 Å². The molecule has 3 aromatic rings. The zero-order valence-corrected chi connectivity index (χ0v) is 16.6. The zero-order valence-electron chi connectivity index (χ0n) is 15.8. The third-order valence-electron chi connectivity index (χ3n) is 4.52. The number of hydrogen-bond acceptors (Lipinski definition) is 5. The average molecular weight is 384 g/mol. The largest absolute Gasteiger partial charge is 0.459 e. The quantitative estimate of drug-likeness (QED) is 0.533. The number of nitrogens with zero attached hydrogens (tertiary/aromatic N) is 3. The normalized spacial score (nSPS) is 11.1. The van der Waals surface area contributed by atoms with E-state index in [1.165, 1.54) is 17.6 Å². The number of furan rings is 1. The number of aromatic nitrogens is 1. The minimum atomic E-state index is -0.145. The molecule has 2 heterocycles. The van der Waals surface area contributed by atoms with Gasteiger partial charge in [-0.05, 0) is 38.2 Å². The molecule has 0 N–H and O–H groups in total. The smallest absolute Gasteiger partial charge is 0.295 e. The van der Waals surface area contributed by atoms with Crippen molar-refractivity contribution in [1.29, 1.82) is 0 Å². The van der Waals surface area contributed by atoms with Gasteiger partial charge < -0.3 is 9.32 Å². The number of amides is 1. The van der Waals surface area contributed by atoms with Crippen LogP contribution in [0.15, 0.2) is 58.5 Å². The van der Waals surface area contributed by atoms with Crippen LogP contribution in [-0.4, -0.2) is 42.0 Å². The molecule has 1 amide bonds. The van der Waals surface area contributed by atoms with Crippen LogP contribution in [0.4, 0.5) is 5.13 Å². The summed E-state index contributed by atoms with van der Waals surface area (Å²) >= 11 is 1.49. The Kier molecular flexibility index (Phi) is 6.79. The van der Waals surface area contributed by atoms with Crippen molar-refractivity contribution < 1.29 is 9.21 Å². The summed E-state index contributed by atoms with van der Waals surface area (Å²) in [6.07, 6.45) is 2.41. The molecule has 6 heteroatoms. The molecule has 27 heavy (non-hydrogen) atoms. The predicted octanol–water partition coefficient (Wildman–Crippen LogP) is 4.78. The second-order valence-corrected chi connectivity index (χ2v) is 7.03. The summed E-state index contributed by atoms with van der Waals surface area (Å²) in [5.74, 6) is 0.197. The molecule has 2 aromatic heterocycles. The molecule has 0 saturated heterocycles. The van der Waals surface area contributed by atoms with Crippen LogP contribution in [0.1, 0.15) is 30.8 Å². The van der Waals surface area contributed by atoms with Crippen molar-refractivity contribution in [1.82, 2.24) is 9.88 Å². The van der Waals surface area contributed by atoms with Crippen LogP contribution >= 0.6 is 11.3 Å². The maximum absolute atomic E-state index is 13.0. The topological polar surface area (TPSA) is 49.6 Å².